The Hall–Kier alpha value is -1.57. The van der Waals surface area contributed by atoms with Crippen LogP contribution in [0.3, 0.4) is 0 Å². The van der Waals surface area contributed by atoms with Crippen molar-refractivity contribution in [3.63, 3.8) is 0 Å². The van der Waals surface area contributed by atoms with Gasteiger partial charge in [-0.25, -0.2) is 4.57 Å². The van der Waals surface area contributed by atoms with Crippen LogP contribution >= 0.6 is 0 Å². The largest absolute Gasteiger partial charge is 0.508 e. The molecular formula is C13H16NO+. The van der Waals surface area contributed by atoms with Crippen LogP contribution in [-0.2, 0) is 0 Å². The number of phenols is 1. The summed E-state index contributed by atoms with van der Waals surface area (Å²) < 4.78 is 2.14. The summed E-state index contributed by atoms with van der Waals surface area (Å²) in [7, 11) is 0. The SMILES string of the molecule is Cc1cc2cc[n+](C(C)C)cc2cc1O. The predicted molar refractivity (Wildman–Crippen MR) is 60.9 cm³/mol. The fourth-order valence-electron chi connectivity index (χ4n) is 1.68. The van der Waals surface area contributed by atoms with Crippen molar-refractivity contribution in [2.75, 3.05) is 0 Å². The van der Waals surface area contributed by atoms with Crippen LogP contribution in [-0.4, -0.2) is 5.11 Å². The number of hydrogen-bond donors (Lipinski definition) is 1. The first-order valence-corrected chi connectivity index (χ1v) is 5.22. The third kappa shape index (κ3) is 1.80. The summed E-state index contributed by atoms with van der Waals surface area (Å²) >= 11 is 0. The maximum Gasteiger partial charge on any atom is 0.177 e. The molecule has 2 aromatic rings. The molecule has 2 heteroatoms. The second kappa shape index (κ2) is 3.54. The molecule has 0 amide bonds. The van der Waals surface area contributed by atoms with E-state index in [1.54, 1.807) is 0 Å². The number of fused-ring (bicyclic) bond motifs is 1. The molecule has 1 N–H and O–H groups in total. The summed E-state index contributed by atoms with van der Waals surface area (Å²) in [6.45, 7) is 6.19. The van der Waals surface area contributed by atoms with Gasteiger partial charge < -0.3 is 5.11 Å². The van der Waals surface area contributed by atoms with Gasteiger partial charge in [-0.2, -0.15) is 0 Å². The topological polar surface area (TPSA) is 24.1 Å². The van der Waals surface area contributed by atoms with Gasteiger partial charge in [0.25, 0.3) is 0 Å². The maximum atomic E-state index is 9.64. The molecule has 15 heavy (non-hydrogen) atoms. The molecular weight excluding hydrogens is 186 g/mol. The zero-order chi connectivity index (χ0) is 11.0. The minimum absolute atomic E-state index is 0.365. The van der Waals surface area contributed by atoms with Crippen LogP contribution in [0.15, 0.2) is 30.6 Å². The Morgan fingerprint density at radius 1 is 1.20 bits per heavy atom. The summed E-state index contributed by atoms with van der Waals surface area (Å²) in [5.41, 5.74) is 0.921. The van der Waals surface area contributed by atoms with E-state index in [0.29, 0.717) is 11.8 Å². The lowest BCUT2D eigenvalue weighted by Gasteiger charge is -2.04. The highest BCUT2D eigenvalue weighted by Gasteiger charge is 2.08. The molecule has 0 atom stereocenters. The molecule has 0 saturated heterocycles. The van der Waals surface area contributed by atoms with Crippen LogP contribution in [0, 0.1) is 6.92 Å². The van der Waals surface area contributed by atoms with E-state index in [-0.39, 0.29) is 0 Å². The zero-order valence-corrected chi connectivity index (χ0v) is 9.36. The predicted octanol–water partition coefficient (Wildman–Crippen LogP) is 2.72. The first-order valence-electron chi connectivity index (χ1n) is 5.22. The van der Waals surface area contributed by atoms with Crippen molar-refractivity contribution in [3.05, 3.63) is 36.2 Å². The van der Waals surface area contributed by atoms with E-state index in [1.807, 2.05) is 19.1 Å². The molecule has 0 aliphatic carbocycles. The van der Waals surface area contributed by atoms with Gasteiger partial charge in [-0.3, -0.25) is 0 Å². The Labute approximate surface area is 89.8 Å². The zero-order valence-electron chi connectivity index (χ0n) is 9.36. The number of rotatable bonds is 1. The van der Waals surface area contributed by atoms with E-state index < -0.39 is 0 Å². The molecule has 0 fully saturated rings. The number of aromatic hydroxyl groups is 1. The van der Waals surface area contributed by atoms with Crippen LogP contribution in [0.1, 0.15) is 25.5 Å². The van der Waals surface area contributed by atoms with Gasteiger partial charge in [-0.15, -0.1) is 0 Å². The van der Waals surface area contributed by atoms with Crippen LogP contribution in [0.25, 0.3) is 10.8 Å². The molecule has 0 aliphatic heterocycles. The molecule has 2 nitrogen and oxygen atoms in total. The quantitative estimate of drug-likeness (QED) is 0.706. The average molecular weight is 202 g/mol. The van der Waals surface area contributed by atoms with Crippen molar-refractivity contribution < 1.29 is 9.67 Å². The van der Waals surface area contributed by atoms with Gasteiger partial charge in [-0.1, -0.05) is 0 Å². The molecule has 2 rings (SSSR count). The van der Waals surface area contributed by atoms with E-state index in [0.717, 1.165) is 10.9 Å². The number of phenolic OH excluding ortho intramolecular Hbond substituents is 1. The van der Waals surface area contributed by atoms with Crippen LogP contribution in [0.2, 0.25) is 0 Å². The Balaban J connectivity index is 2.66. The van der Waals surface area contributed by atoms with E-state index in [9.17, 15) is 5.11 Å². The summed E-state index contributed by atoms with van der Waals surface area (Å²) in [4.78, 5) is 0. The van der Waals surface area contributed by atoms with Crippen LogP contribution in [0.5, 0.6) is 5.75 Å². The number of benzene rings is 1. The van der Waals surface area contributed by atoms with Crippen molar-refractivity contribution in [1.82, 2.24) is 0 Å². The second-order valence-corrected chi connectivity index (χ2v) is 4.25. The van der Waals surface area contributed by atoms with Crippen LogP contribution in [0.4, 0.5) is 0 Å². The lowest BCUT2D eigenvalue weighted by atomic mass is 10.1. The number of pyridine rings is 1. The van der Waals surface area contributed by atoms with Crippen molar-refractivity contribution >= 4 is 10.8 Å². The van der Waals surface area contributed by atoms with E-state index in [4.69, 9.17) is 0 Å². The lowest BCUT2D eigenvalue weighted by Crippen LogP contribution is -2.34. The smallest absolute Gasteiger partial charge is 0.177 e. The van der Waals surface area contributed by atoms with Crippen molar-refractivity contribution in [2.24, 2.45) is 0 Å². The fraction of sp³-hybridized carbons (Fsp3) is 0.308. The third-order valence-electron chi connectivity index (χ3n) is 2.71. The van der Waals surface area contributed by atoms with Gasteiger partial charge in [0.1, 0.15) is 5.75 Å². The van der Waals surface area contributed by atoms with Gasteiger partial charge in [-0.05, 0) is 43.9 Å². The van der Waals surface area contributed by atoms with Gasteiger partial charge >= 0.3 is 0 Å². The summed E-state index contributed by atoms with van der Waals surface area (Å²) in [6.07, 6.45) is 4.14. The number of aromatic nitrogens is 1. The molecule has 0 unspecified atom stereocenters. The highest BCUT2D eigenvalue weighted by molar-refractivity contribution is 5.83. The van der Waals surface area contributed by atoms with Gasteiger partial charge in [0, 0.05) is 11.5 Å². The minimum Gasteiger partial charge on any atom is -0.508 e. The number of aryl methyl sites for hydroxylation is 1. The lowest BCUT2D eigenvalue weighted by molar-refractivity contribution is -0.715. The normalized spacial score (nSPS) is 11.2. The Bertz CT molecular complexity index is 503. The van der Waals surface area contributed by atoms with E-state index >= 15 is 0 Å². The summed E-state index contributed by atoms with van der Waals surface area (Å²) in [6, 6.07) is 6.36. The monoisotopic (exact) mass is 202 g/mol. The molecule has 0 spiro atoms. The van der Waals surface area contributed by atoms with Crippen molar-refractivity contribution in [1.29, 1.82) is 0 Å². The van der Waals surface area contributed by atoms with E-state index in [1.165, 1.54) is 5.39 Å². The first-order chi connectivity index (χ1) is 7.08. The molecule has 78 valence electrons. The number of hydrogen-bond acceptors (Lipinski definition) is 1. The van der Waals surface area contributed by atoms with Gasteiger partial charge in [0.15, 0.2) is 18.4 Å². The molecule has 0 aliphatic rings. The molecule has 1 aromatic carbocycles. The Morgan fingerprint density at radius 3 is 2.60 bits per heavy atom. The molecule has 0 saturated carbocycles. The van der Waals surface area contributed by atoms with Gasteiger partial charge in [0.05, 0.1) is 0 Å². The highest BCUT2D eigenvalue weighted by atomic mass is 16.3. The maximum absolute atomic E-state index is 9.64. The third-order valence-corrected chi connectivity index (χ3v) is 2.71. The number of nitrogens with zero attached hydrogens (tertiary/aromatic N) is 1. The Kier molecular flexibility index (Phi) is 2.35. The fourth-order valence-corrected chi connectivity index (χ4v) is 1.68. The summed E-state index contributed by atoms with van der Waals surface area (Å²) in [5, 5.41) is 11.9. The standard InChI is InChI=1S/C13H15NO/c1-9(2)14-5-4-11-6-10(3)13(15)7-12(11)8-14/h4-9H,1-3H3/p+1. The van der Waals surface area contributed by atoms with Crippen molar-refractivity contribution in [2.45, 2.75) is 26.8 Å². The van der Waals surface area contributed by atoms with Gasteiger partial charge in [0.2, 0.25) is 0 Å². The molecule has 1 heterocycles. The van der Waals surface area contributed by atoms with Crippen molar-refractivity contribution in [3.8, 4) is 5.75 Å². The van der Waals surface area contributed by atoms with Crippen LogP contribution < -0.4 is 4.57 Å². The molecule has 0 radical (unpaired) electrons. The molecule has 0 bridgehead atoms. The first kappa shape index (κ1) is 9.97. The second-order valence-electron chi connectivity index (χ2n) is 4.25. The average Bonchev–Trinajstić information content (AvgIpc) is 2.19. The highest BCUT2D eigenvalue weighted by Crippen LogP contribution is 2.23. The minimum atomic E-state index is 0.365. The molecule has 1 aromatic heterocycles. The summed E-state index contributed by atoms with van der Waals surface area (Å²) in [5.74, 6) is 0.365. The van der Waals surface area contributed by atoms with E-state index in [2.05, 4.69) is 36.9 Å². The Morgan fingerprint density at radius 2 is 1.93 bits per heavy atom.